The maximum Gasteiger partial charge on any atom is 0.202 e. The van der Waals surface area contributed by atoms with Crippen molar-refractivity contribution in [1.29, 1.82) is 5.26 Å². The highest BCUT2D eigenvalue weighted by Gasteiger charge is 2.17. The summed E-state index contributed by atoms with van der Waals surface area (Å²) in [5.74, 6) is 1.43. The summed E-state index contributed by atoms with van der Waals surface area (Å²) < 4.78 is 7.30. The summed E-state index contributed by atoms with van der Waals surface area (Å²) in [6.07, 6.45) is 0. The molecule has 0 bridgehead atoms. The SMILES string of the molecule is COc1cccc(-c2nnc(Sc3ccc(C#N)nn3)n2-c2ccccc2)c1. The van der Waals surface area contributed by atoms with Crippen molar-refractivity contribution in [2.75, 3.05) is 7.11 Å². The van der Waals surface area contributed by atoms with Gasteiger partial charge >= 0.3 is 0 Å². The van der Waals surface area contributed by atoms with Crippen LogP contribution in [-0.4, -0.2) is 32.1 Å². The molecular weight excluding hydrogens is 372 g/mol. The first-order valence-corrected chi connectivity index (χ1v) is 9.17. The van der Waals surface area contributed by atoms with Gasteiger partial charge in [-0.2, -0.15) is 5.26 Å². The number of methoxy groups -OCH3 is 1. The van der Waals surface area contributed by atoms with Crippen LogP contribution in [0.1, 0.15) is 5.69 Å². The number of nitrogens with zero attached hydrogens (tertiary/aromatic N) is 6. The van der Waals surface area contributed by atoms with Crippen molar-refractivity contribution in [3.63, 3.8) is 0 Å². The summed E-state index contributed by atoms with van der Waals surface area (Å²) in [6.45, 7) is 0. The zero-order chi connectivity index (χ0) is 19.3. The summed E-state index contributed by atoms with van der Waals surface area (Å²) in [7, 11) is 1.63. The highest BCUT2D eigenvalue weighted by molar-refractivity contribution is 7.99. The zero-order valence-corrected chi connectivity index (χ0v) is 15.7. The maximum atomic E-state index is 8.89. The molecule has 28 heavy (non-hydrogen) atoms. The number of nitriles is 1. The van der Waals surface area contributed by atoms with Gasteiger partial charge in [0.2, 0.25) is 5.16 Å². The monoisotopic (exact) mass is 386 g/mol. The van der Waals surface area contributed by atoms with E-state index in [0.717, 1.165) is 17.0 Å². The highest BCUT2D eigenvalue weighted by atomic mass is 32.2. The normalized spacial score (nSPS) is 10.4. The van der Waals surface area contributed by atoms with Gasteiger partial charge in [0, 0.05) is 11.3 Å². The van der Waals surface area contributed by atoms with Crippen LogP contribution in [0.3, 0.4) is 0 Å². The Labute approximate surface area is 165 Å². The Morgan fingerprint density at radius 1 is 0.929 bits per heavy atom. The number of hydrogen-bond acceptors (Lipinski definition) is 7. The number of aromatic nitrogens is 5. The van der Waals surface area contributed by atoms with Crippen LogP contribution >= 0.6 is 11.8 Å². The molecule has 0 fully saturated rings. The quantitative estimate of drug-likeness (QED) is 0.516. The molecule has 0 aliphatic carbocycles. The molecule has 0 unspecified atom stereocenters. The molecule has 0 aliphatic rings. The van der Waals surface area contributed by atoms with E-state index in [4.69, 9.17) is 10.00 Å². The summed E-state index contributed by atoms with van der Waals surface area (Å²) in [4.78, 5) is 0. The molecule has 0 N–H and O–H groups in total. The van der Waals surface area contributed by atoms with E-state index < -0.39 is 0 Å². The molecule has 0 aliphatic heterocycles. The third kappa shape index (κ3) is 3.56. The fraction of sp³-hybridized carbons (Fsp3) is 0.0500. The molecule has 2 aromatic heterocycles. The van der Waals surface area contributed by atoms with Gasteiger partial charge in [0.05, 0.1) is 7.11 Å². The lowest BCUT2D eigenvalue weighted by molar-refractivity contribution is 0.415. The zero-order valence-electron chi connectivity index (χ0n) is 14.9. The van der Waals surface area contributed by atoms with Crippen molar-refractivity contribution in [3.05, 3.63) is 72.4 Å². The minimum atomic E-state index is 0.269. The lowest BCUT2D eigenvalue weighted by atomic mass is 10.2. The molecule has 0 saturated heterocycles. The van der Waals surface area contributed by atoms with Gasteiger partial charge in [-0.15, -0.1) is 20.4 Å². The van der Waals surface area contributed by atoms with E-state index in [9.17, 15) is 0 Å². The van der Waals surface area contributed by atoms with Crippen LogP contribution in [0.25, 0.3) is 17.1 Å². The fourth-order valence-corrected chi connectivity index (χ4v) is 3.39. The van der Waals surface area contributed by atoms with E-state index in [1.54, 1.807) is 19.2 Å². The number of hydrogen-bond donors (Lipinski definition) is 0. The van der Waals surface area contributed by atoms with Gasteiger partial charge in [0.1, 0.15) is 16.8 Å². The molecule has 0 radical (unpaired) electrons. The summed E-state index contributed by atoms with van der Waals surface area (Å²) in [5, 5.41) is 26.9. The molecule has 7 nitrogen and oxygen atoms in total. The third-order valence-corrected chi connectivity index (χ3v) is 4.80. The second-order valence-corrected chi connectivity index (χ2v) is 6.67. The highest BCUT2D eigenvalue weighted by Crippen LogP contribution is 2.32. The van der Waals surface area contributed by atoms with Crippen LogP contribution in [0.5, 0.6) is 5.75 Å². The van der Waals surface area contributed by atoms with E-state index in [0.29, 0.717) is 16.0 Å². The number of ether oxygens (including phenoxy) is 1. The van der Waals surface area contributed by atoms with Gasteiger partial charge in [-0.05, 0) is 48.2 Å². The number of rotatable bonds is 5. The Hall–Kier alpha value is -3.70. The molecule has 2 aromatic carbocycles. The number of para-hydroxylation sites is 1. The molecule has 4 aromatic rings. The van der Waals surface area contributed by atoms with E-state index in [2.05, 4.69) is 20.4 Å². The first-order valence-electron chi connectivity index (χ1n) is 8.35. The Morgan fingerprint density at radius 3 is 2.50 bits per heavy atom. The van der Waals surface area contributed by atoms with Crippen LogP contribution in [-0.2, 0) is 0 Å². The van der Waals surface area contributed by atoms with Gasteiger partial charge in [-0.1, -0.05) is 30.3 Å². The fourth-order valence-electron chi connectivity index (χ4n) is 2.62. The van der Waals surface area contributed by atoms with E-state index in [-0.39, 0.29) is 5.69 Å². The van der Waals surface area contributed by atoms with Gasteiger partial charge < -0.3 is 4.74 Å². The van der Waals surface area contributed by atoms with Crippen LogP contribution in [0.2, 0.25) is 0 Å². The Kier molecular flexibility index (Phi) is 4.99. The molecule has 0 amide bonds. The van der Waals surface area contributed by atoms with Crippen molar-refractivity contribution in [3.8, 4) is 28.9 Å². The Balaban J connectivity index is 1.80. The summed E-state index contributed by atoms with van der Waals surface area (Å²) in [5.41, 5.74) is 2.08. The van der Waals surface area contributed by atoms with Crippen LogP contribution in [0.4, 0.5) is 0 Å². The second kappa shape index (κ2) is 7.90. The minimum absolute atomic E-state index is 0.269. The van der Waals surface area contributed by atoms with Gasteiger partial charge in [0.25, 0.3) is 0 Å². The van der Waals surface area contributed by atoms with Gasteiger partial charge in [0.15, 0.2) is 11.5 Å². The molecule has 0 saturated carbocycles. The minimum Gasteiger partial charge on any atom is -0.497 e. The summed E-state index contributed by atoms with van der Waals surface area (Å²) >= 11 is 1.33. The van der Waals surface area contributed by atoms with Crippen molar-refractivity contribution in [2.24, 2.45) is 0 Å². The topological polar surface area (TPSA) is 89.5 Å². The largest absolute Gasteiger partial charge is 0.497 e. The predicted octanol–water partition coefficient (Wildman–Crippen LogP) is 3.76. The molecule has 4 rings (SSSR count). The van der Waals surface area contributed by atoms with Gasteiger partial charge in [-0.25, -0.2) is 0 Å². The average Bonchev–Trinajstić information content (AvgIpc) is 3.18. The van der Waals surface area contributed by atoms with E-state index >= 15 is 0 Å². The lowest BCUT2D eigenvalue weighted by Gasteiger charge is -2.10. The average molecular weight is 386 g/mol. The Morgan fingerprint density at radius 2 is 1.79 bits per heavy atom. The Bertz CT molecular complexity index is 1140. The second-order valence-electron chi connectivity index (χ2n) is 5.68. The van der Waals surface area contributed by atoms with Crippen molar-refractivity contribution in [2.45, 2.75) is 10.2 Å². The molecule has 136 valence electrons. The molecule has 2 heterocycles. The molecule has 8 heteroatoms. The van der Waals surface area contributed by atoms with Crippen LogP contribution in [0.15, 0.2) is 76.9 Å². The number of benzene rings is 2. The smallest absolute Gasteiger partial charge is 0.202 e. The maximum absolute atomic E-state index is 8.89. The molecule has 0 spiro atoms. The molecular formula is C20H14N6OS. The standard InChI is InChI=1S/C20H14N6OS/c1-27-17-9-5-6-14(12-17)19-24-25-20(26(19)16-7-3-2-4-8-16)28-18-11-10-15(13-21)22-23-18/h2-12H,1H3. The van der Waals surface area contributed by atoms with Crippen molar-refractivity contribution < 1.29 is 4.74 Å². The van der Waals surface area contributed by atoms with E-state index in [1.165, 1.54) is 11.8 Å². The van der Waals surface area contributed by atoms with Crippen LogP contribution in [0, 0.1) is 11.3 Å². The van der Waals surface area contributed by atoms with Crippen molar-refractivity contribution in [1.82, 2.24) is 25.0 Å². The van der Waals surface area contributed by atoms with Gasteiger partial charge in [-0.3, -0.25) is 4.57 Å². The van der Waals surface area contributed by atoms with Crippen molar-refractivity contribution >= 4 is 11.8 Å². The predicted molar refractivity (Wildman–Crippen MR) is 104 cm³/mol. The first kappa shape index (κ1) is 17.7. The van der Waals surface area contributed by atoms with E-state index in [1.807, 2.05) is 65.2 Å². The third-order valence-electron chi connectivity index (χ3n) is 3.93. The summed E-state index contributed by atoms with van der Waals surface area (Å²) in [6, 6.07) is 22.9. The molecule has 0 atom stereocenters. The van der Waals surface area contributed by atoms with Crippen LogP contribution < -0.4 is 4.74 Å². The first-order chi connectivity index (χ1) is 13.8. The lowest BCUT2D eigenvalue weighted by Crippen LogP contribution is -2.00.